The van der Waals surface area contributed by atoms with Crippen LogP contribution in [0.3, 0.4) is 0 Å². The van der Waals surface area contributed by atoms with E-state index in [0.29, 0.717) is 11.3 Å². The Labute approximate surface area is 182 Å². The quantitative estimate of drug-likeness (QED) is 0.599. The van der Waals surface area contributed by atoms with Gasteiger partial charge in [-0.25, -0.2) is 4.39 Å². The Hall–Kier alpha value is -3.18. The van der Waals surface area contributed by atoms with Crippen LogP contribution in [0.4, 0.5) is 4.39 Å². The Morgan fingerprint density at radius 2 is 1.58 bits per heavy atom. The second kappa shape index (κ2) is 10.2. The average molecular weight is 419 g/mol. The predicted molar refractivity (Wildman–Crippen MR) is 119 cm³/mol. The summed E-state index contributed by atoms with van der Waals surface area (Å²) in [6.07, 6.45) is 1.86. The number of carbonyl (C=O) groups excluding carboxylic acids is 1. The van der Waals surface area contributed by atoms with Crippen molar-refractivity contribution in [3.8, 4) is 5.75 Å². The molecule has 3 aromatic carbocycles. The molecule has 160 valence electrons. The van der Waals surface area contributed by atoms with E-state index in [4.69, 9.17) is 4.74 Å². The lowest BCUT2D eigenvalue weighted by Gasteiger charge is -2.32. The Bertz CT molecular complexity index is 984. The third kappa shape index (κ3) is 5.92. The van der Waals surface area contributed by atoms with E-state index in [0.717, 1.165) is 38.0 Å². The first kappa shape index (κ1) is 21.1. The van der Waals surface area contributed by atoms with Gasteiger partial charge in [0.2, 0.25) is 0 Å². The molecular formula is C26H27FN2O2. The highest BCUT2D eigenvalue weighted by molar-refractivity contribution is 5.97. The van der Waals surface area contributed by atoms with Gasteiger partial charge in [0.05, 0.1) is 5.56 Å². The summed E-state index contributed by atoms with van der Waals surface area (Å²) in [6.45, 7) is 3.15. The lowest BCUT2D eigenvalue weighted by molar-refractivity contribution is 0.0904. The number of nitrogens with zero attached hydrogens (tertiary/aromatic N) is 1. The van der Waals surface area contributed by atoms with Crippen molar-refractivity contribution in [3.05, 3.63) is 101 Å². The van der Waals surface area contributed by atoms with Crippen LogP contribution in [0.1, 0.15) is 34.3 Å². The van der Waals surface area contributed by atoms with E-state index < -0.39 is 0 Å². The van der Waals surface area contributed by atoms with Gasteiger partial charge in [0.15, 0.2) is 0 Å². The van der Waals surface area contributed by atoms with E-state index in [2.05, 4.69) is 34.5 Å². The minimum Gasteiger partial charge on any atom is -0.488 e. The topological polar surface area (TPSA) is 41.6 Å². The normalized spacial score (nSPS) is 14.9. The van der Waals surface area contributed by atoms with Gasteiger partial charge < -0.3 is 10.1 Å². The Morgan fingerprint density at radius 1 is 0.903 bits per heavy atom. The van der Waals surface area contributed by atoms with Crippen LogP contribution in [0.25, 0.3) is 0 Å². The SMILES string of the molecule is O=C(NC1CCN(Cc2ccccc2)CC1)c1ccccc1OCc1ccc(F)cc1. The fourth-order valence-electron chi connectivity index (χ4n) is 3.86. The minimum absolute atomic E-state index is 0.115. The molecule has 1 aliphatic rings. The van der Waals surface area contributed by atoms with E-state index >= 15 is 0 Å². The fourth-order valence-corrected chi connectivity index (χ4v) is 3.86. The molecule has 0 aromatic heterocycles. The number of amides is 1. The number of carbonyl (C=O) groups is 1. The maximum Gasteiger partial charge on any atom is 0.255 e. The molecule has 0 spiro atoms. The number of halogens is 1. The lowest BCUT2D eigenvalue weighted by Crippen LogP contribution is -2.44. The number of likely N-dealkylation sites (tertiary alicyclic amines) is 1. The van der Waals surface area contributed by atoms with Crippen LogP contribution < -0.4 is 10.1 Å². The zero-order valence-corrected chi connectivity index (χ0v) is 17.5. The molecular weight excluding hydrogens is 391 g/mol. The number of piperidine rings is 1. The second-order valence-corrected chi connectivity index (χ2v) is 7.92. The first-order valence-electron chi connectivity index (χ1n) is 10.7. The van der Waals surface area contributed by atoms with Gasteiger partial charge in [0, 0.05) is 25.7 Å². The van der Waals surface area contributed by atoms with Crippen molar-refractivity contribution in [2.24, 2.45) is 0 Å². The van der Waals surface area contributed by atoms with Gasteiger partial charge in [-0.05, 0) is 48.2 Å². The number of rotatable bonds is 7. The highest BCUT2D eigenvalue weighted by Crippen LogP contribution is 2.21. The molecule has 1 fully saturated rings. The largest absolute Gasteiger partial charge is 0.488 e. The van der Waals surface area contributed by atoms with Crippen molar-refractivity contribution in [1.82, 2.24) is 10.2 Å². The van der Waals surface area contributed by atoms with Crippen LogP contribution in [0.15, 0.2) is 78.9 Å². The van der Waals surface area contributed by atoms with Crippen LogP contribution in [-0.2, 0) is 13.2 Å². The Kier molecular flexibility index (Phi) is 6.95. The maximum atomic E-state index is 13.1. The van der Waals surface area contributed by atoms with E-state index in [-0.39, 0.29) is 24.4 Å². The number of benzene rings is 3. The molecule has 4 rings (SSSR count). The van der Waals surface area contributed by atoms with Crippen molar-refractivity contribution in [1.29, 1.82) is 0 Å². The standard InChI is InChI=1S/C26H27FN2O2/c27-22-12-10-21(11-13-22)19-31-25-9-5-4-8-24(25)26(30)28-23-14-16-29(17-15-23)18-20-6-2-1-3-7-20/h1-13,23H,14-19H2,(H,28,30). The van der Waals surface area contributed by atoms with E-state index in [1.54, 1.807) is 24.3 Å². The molecule has 0 atom stereocenters. The minimum atomic E-state index is -0.279. The molecule has 1 heterocycles. The number of ether oxygens (including phenoxy) is 1. The van der Waals surface area contributed by atoms with Gasteiger partial charge in [-0.1, -0.05) is 54.6 Å². The molecule has 1 aliphatic heterocycles. The summed E-state index contributed by atoms with van der Waals surface area (Å²) < 4.78 is 18.9. The van der Waals surface area contributed by atoms with Crippen LogP contribution in [0.5, 0.6) is 5.75 Å². The second-order valence-electron chi connectivity index (χ2n) is 7.92. The van der Waals surface area contributed by atoms with Crippen LogP contribution in [-0.4, -0.2) is 29.9 Å². The van der Waals surface area contributed by atoms with E-state index in [1.165, 1.54) is 17.7 Å². The molecule has 1 saturated heterocycles. The third-order valence-electron chi connectivity index (χ3n) is 5.61. The zero-order chi connectivity index (χ0) is 21.5. The molecule has 0 unspecified atom stereocenters. The van der Waals surface area contributed by atoms with Crippen LogP contribution in [0.2, 0.25) is 0 Å². The van der Waals surface area contributed by atoms with Crippen molar-refractivity contribution in [2.75, 3.05) is 13.1 Å². The third-order valence-corrected chi connectivity index (χ3v) is 5.61. The van der Waals surface area contributed by atoms with Gasteiger partial charge in [-0.3, -0.25) is 9.69 Å². The number of hydrogen-bond donors (Lipinski definition) is 1. The summed E-state index contributed by atoms with van der Waals surface area (Å²) in [5.74, 6) is 0.139. The first-order chi connectivity index (χ1) is 15.2. The lowest BCUT2D eigenvalue weighted by atomic mass is 10.0. The average Bonchev–Trinajstić information content (AvgIpc) is 2.81. The summed E-state index contributed by atoms with van der Waals surface area (Å²) in [4.78, 5) is 15.3. The van der Waals surface area contributed by atoms with Crippen molar-refractivity contribution >= 4 is 5.91 Å². The van der Waals surface area contributed by atoms with Crippen molar-refractivity contribution in [3.63, 3.8) is 0 Å². The van der Waals surface area contributed by atoms with Gasteiger partial charge >= 0.3 is 0 Å². The van der Waals surface area contributed by atoms with E-state index in [1.807, 2.05) is 18.2 Å². The Morgan fingerprint density at radius 3 is 2.32 bits per heavy atom. The van der Waals surface area contributed by atoms with Crippen molar-refractivity contribution in [2.45, 2.75) is 32.0 Å². The van der Waals surface area contributed by atoms with Gasteiger partial charge in [0.1, 0.15) is 18.2 Å². The summed E-state index contributed by atoms with van der Waals surface area (Å²) in [6, 6.07) is 24.0. The predicted octanol–water partition coefficient (Wildman–Crippen LogP) is 4.80. The molecule has 0 saturated carbocycles. The molecule has 0 radical (unpaired) electrons. The molecule has 5 heteroatoms. The zero-order valence-electron chi connectivity index (χ0n) is 17.5. The molecule has 3 aromatic rings. The number of nitrogens with one attached hydrogen (secondary N) is 1. The molecule has 31 heavy (non-hydrogen) atoms. The van der Waals surface area contributed by atoms with Crippen molar-refractivity contribution < 1.29 is 13.9 Å². The Balaban J connectivity index is 1.30. The summed E-state index contributed by atoms with van der Waals surface area (Å²) in [7, 11) is 0. The van der Waals surface area contributed by atoms with Gasteiger partial charge in [-0.2, -0.15) is 0 Å². The molecule has 1 N–H and O–H groups in total. The molecule has 0 bridgehead atoms. The maximum absolute atomic E-state index is 13.1. The summed E-state index contributed by atoms with van der Waals surface area (Å²) in [5, 5.41) is 3.17. The fraction of sp³-hybridized carbons (Fsp3) is 0.269. The number of para-hydroxylation sites is 1. The van der Waals surface area contributed by atoms with Crippen LogP contribution >= 0.6 is 0 Å². The molecule has 4 nitrogen and oxygen atoms in total. The number of hydrogen-bond acceptors (Lipinski definition) is 3. The summed E-state index contributed by atoms with van der Waals surface area (Å²) in [5.41, 5.74) is 2.69. The highest BCUT2D eigenvalue weighted by atomic mass is 19.1. The molecule has 0 aliphatic carbocycles. The molecule has 1 amide bonds. The van der Waals surface area contributed by atoms with Gasteiger partial charge in [-0.15, -0.1) is 0 Å². The highest BCUT2D eigenvalue weighted by Gasteiger charge is 2.22. The smallest absolute Gasteiger partial charge is 0.255 e. The summed E-state index contributed by atoms with van der Waals surface area (Å²) >= 11 is 0. The van der Waals surface area contributed by atoms with Gasteiger partial charge in [0.25, 0.3) is 5.91 Å². The monoisotopic (exact) mass is 418 g/mol. The van der Waals surface area contributed by atoms with Crippen LogP contribution in [0, 0.1) is 5.82 Å². The first-order valence-corrected chi connectivity index (χ1v) is 10.7. The van der Waals surface area contributed by atoms with E-state index in [9.17, 15) is 9.18 Å².